The van der Waals surface area contributed by atoms with Crippen LogP contribution in [0.4, 0.5) is 17.1 Å². The molecule has 5 aromatic carbocycles. The number of carbonyl (C=O) groups excluding carboxylic acids is 2. The molecule has 0 saturated heterocycles. The summed E-state index contributed by atoms with van der Waals surface area (Å²) in [6, 6.07) is 36.0. The highest BCUT2D eigenvalue weighted by atomic mass is 35.6. The molecular weight excluding hydrogens is 989 g/mol. The van der Waals surface area contributed by atoms with Crippen LogP contribution in [0.1, 0.15) is 46.0 Å². The Bertz CT molecular complexity index is 2910. The number of carbonyl (C=O) groups is 2. The fraction of sp³-hybridized carbons (Fsp3) is 0.176. The first-order valence-electron chi connectivity index (χ1n) is 21.0. The third kappa shape index (κ3) is 15.1. The highest BCUT2D eigenvalue weighted by Gasteiger charge is 2.34. The summed E-state index contributed by atoms with van der Waals surface area (Å²) in [5.74, 6) is -0.854. The van der Waals surface area contributed by atoms with Gasteiger partial charge in [-0.3, -0.25) is 14.4 Å². The molecule has 1 heterocycles. The normalized spacial score (nSPS) is 12.4. The average molecular weight is 1030 g/mol. The first-order valence-corrected chi connectivity index (χ1v) is 23.3. The number of amides is 1. The summed E-state index contributed by atoms with van der Waals surface area (Å²) in [5, 5.41) is 13.1. The molecule has 2 N–H and O–H groups in total. The number of esters is 1. The molecule has 0 saturated carbocycles. The Labute approximate surface area is 423 Å². The molecule has 0 spiro atoms. The number of hydrogen-bond donors (Lipinski definition) is 2. The van der Waals surface area contributed by atoms with Crippen molar-refractivity contribution in [2.75, 3.05) is 48.9 Å². The van der Waals surface area contributed by atoms with E-state index in [2.05, 4.69) is 25.2 Å². The highest BCUT2D eigenvalue weighted by molar-refractivity contribution is 6.67. The van der Waals surface area contributed by atoms with Gasteiger partial charge >= 0.3 is 5.97 Å². The van der Waals surface area contributed by atoms with Crippen molar-refractivity contribution in [2.45, 2.75) is 20.4 Å². The van der Waals surface area contributed by atoms with E-state index in [1.54, 1.807) is 66.7 Å². The summed E-state index contributed by atoms with van der Waals surface area (Å²) < 4.78 is 1.51. The summed E-state index contributed by atoms with van der Waals surface area (Å²) in [6.45, 7) is 1.26. The number of aliphatic hydroxyl groups is 1. The van der Waals surface area contributed by atoms with Crippen molar-refractivity contribution in [3.63, 3.8) is 0 Å². The molecule has 11 nitrogen and oxygen atoms in total. The van der Waals surface area contributed by atoms with Crippen LogP contribution in [-0.4, -0.2) is 65.7 Å². The monoisotopic (exact) mass is 1030 g/mol. The molecule has 68 heavy (non-hydrogen) atoms. The minimum Gasteiger partial charge on any atom is -0.427 e. The summed E-state index contributed by atoms with van der Waals surface area (Å²) in [6.07, 6.45) is 12.0. The summed E-state index contributed by atoms with van der Waals surface area (Å²) >= 11 is 35.9. The molecule has 17 heteroatoms. The maximum atomic E-state index is 13.3. The molecule has 0 aliphatic heterocycles. The quantitative estimate of drug-likeness (QED) is 0.0548. The second-order valence-electron chi connectivity index (χ2n) is 15.2. The van der Waals surface area contributed by atoms with Crippen molar-refractivity contribution in [1.82, 2.24) is 15.0 Å². The van der Waals surface area contributed by atoms with Gasteiger partial charge in [0.05, 0.1) is 6.61 Å². The number of rotatable bonds is 16. The van der Waals surface area contributed by atoms with Crippen molar-refractivity contribution < 1.29 is 19.4 Å². The lowest BCUT2D eigenvalue weighted by Gasteiger charge is -2.19. The SMILES string of the molecule is CN(CCO)c1ccc(C=CC=c2ccccc(=CC=Cc3ccc(N(C)CCCC(=O)Oc4ccc(C(=O)Nc5ccc(-c6nc(C(Cl)(Cl)Cl)nc(C(Cl)(Cl)Cl)n6)cc5)cc4)cc3)c2=O)cc1. The summed E-state index contributed by atoms with van der Waals surface area (Å²) in [7, 11) is 3.88. The Hall–Kier alpha value is -5.76. The average Bonchev–Trinajstić information content (AvgIpc) is 3.49. The molecule has 0 unspecified atom stereocenters. The van der Waals surface area contributed by atoms with Gasteiger partial charge < -0.3 is 25.0 Å². The molecule has 0 aliphatic carbocycles. The number of aromatic nitrogens is 3. The number of halogens is 6. The van der Waals surface area contributed by atoms with Crippen LogP contribution < -0.4 is 35.7 Å². The van der Waals surface area contributed by atoms with Crippen molar-refractivity contribution in [3.05, 3.63) is 182 Å². The Morgan fingerprint density at radius 1 is 0.662 bits per heavy atom. The Balaban J connectivity index is 0.957. The fourth-order valence-corrected chi connectivity index (χ4v) is 7.00. The van der Waals surface area contributed by atoms with E-state index < -0.39 is 19.5 Å². The topological polar surface area (TPSA) is 138 Å². The lowest BCUT2D eigenvalue weighted by molar-refractivity contribution is -0.134. The second-order valence-corrected chi connectivity index (χ2v) is 19.8. The lowest BCUT2D eigenvalue weighted by atomic mass is 10.1. The van der Waals surface area contributed by atoms with Crippen molar-refractivity contribution >= 4 is 123 Å². The van der Waals surface area contributed by atoms with E-state index in [1.807, 2.05) is 110 Å². The van der Waals surface area contributed by atoms with Gasteiger partial charge in [0.25, 0.3) is 5.91 Å². The van der Waals surface area contributed by atoms with E-state index in [1.165, 1.54) is 0 Å². The van der Waals surface area contributed by atoms with Crippen LogP contribution >= 0.6 is 69.6 Å². The lowest BCUT2D eigenvalue weighted by Crippen LogP contribution is -2.34. The van der Waals surface area contributed by atoms with Gasteiger partial charge in [-0.1, -0.05) is 155 Å². The number of aliphatic hydroxyl groups excluding tert-OH is 1. The summed E-state index contributed by atoms with van der Waals surface area (Å²) in [4.78, 5) is 55.4. The van der Waals surface area contributed by atoms with Crippen LogP contribution in [0.15, 0.2) is 138 Å². The Kier molecular flexibility index (Phi) is 18.2. The minimum atomic E-state index is -2.01. The number of nitrogens with zero attached hydrogens (tertiary/aromatic N) is 5. The zero-order valence-electron chi connectivity index (χ0n) is 36.6. The number of ether oxygens (including phenoxy) is 1. The maximum absolute atomic E-state index is 13.3. The molecule has 350 valence electrons. The highest BCUT2D eigenvalue weighted by Crippen LogP contribution is 2.41. The van der Waals surface area contributed by atoms with Crippen LogP contribution in [0.3, 0.4) is 0 Å². The first kappa shape index (κ1) is 51.6. The predicted molar refractivity (Wildman–Crippen MR) is 278 cm³/mol. The molecule has 0 bridgehead atoms. The van der Waals surface area contributed by atoms with Crippen molar-refractivity contribution in [3.8, 4) is 17.1 Å². The molecule has 6 aromatic rings. The van der Waals surface area contributed by atoms with Gasteiger partial charge in [0, 0.05) is 72.2 Å². The number of likely N-dealkylation sites (N-methyl/N-ethyl adjacent to an activating group) is 1. The number of anilines is 3. The largest absolute Gasteiger partial charge is 0.427 e. The molecule has 1 amide bonds. The van der Waals surface area contributed by atoms with E-state index in [9.17, 15) is 19.5 Å². The van der Waals surface area contributed by atoms with Crippen LogP contribution in [0.5, 0.6) is 5.75 Å². The van der Waals surface area contributed by atoms with Crippen molar-refractivity contribution in [1.29, 1.82) is 0 Å². The van der Waals surface area contributed by atoms with Crippen molar-refractivity contribution in [2.24, 2.45) is 0 Å². The zero-order valence-corrected chi connectivity index (χ0v) is 41.2. The van der Waals surface area contributed by atoms with E-state index in [0.29, 0.717) is 52.5 Å². The number of hydrogen-bond acceptors (Lipinski definition) is 10. The van der Waals surface area contributed by atoms with Gasteiger partial charge in [0.15, 0.2) is 22.9 Å². The third-order valence-electron chi connectivity index (χ3n) is 10.2. The predicted octanol–water partition coefficient (Wildman–Crippen LogP) is 10.0. The van der Waals surface area contributed by atoms with E-state index in [-0.39, 0.29) is 35.9 Å². The first-order chi connectivity index (χ1) is 32.5. The van der Waals surface area contributed by atoms with Crippen LogP contribution in [0, 0.1) is 0 Å². The molecule has 0 fully saturated rings. The van der Waals surface area contributed by atoms with Crippen LogP contribution in [-0.2, 0) is 12.4 Å². The van der Waals surface area contributed by atoms with Gasteiger partial charge in [-0.05, 0) is 90.3 Å². The van der Waals surface area contributed by atoms with Gasteiger partial charge in [0.2, 0.25) is 7.59 Å². The fourth-order valence-electron chi connectivity index (χ4n) is 6.49. The molecule has 6 rings (SSSR count). The van der Waals surface area contributed by atoms with E-state index >= 15 is 0 Å². The van der Waals surface area contributed by atoms with Gasteiger partial charge in [0.1, 0.15) is 5.75 Å². The molecule has 0 aliphatic rings. The van der Waals surface area contributed by atoms with E-state index in [4.69, 9.17) is 74.3 Å². The van der Waals surface area contributed by atoms with E-state index in [0.717, 1.165) is 22.5 Å². The minimum absolute atomic E-state index is 0.0778. The van der Waals surface area contributed by atoms with Gasteiger partial charge in [-0.25, -0.2) is 15.0 Å². The Morgan fingerprint density at radius 2 is 1.16 bits per heavy atom. The molecule has 0 radical (unpaired) electrons. The number of allylic oxidation sites excluding steroid dienone is 2. The van der Waals surface area contributed by atoms with Gasteiger partial charge in [-0.2, -0.15) is 0 Å². The number of nitrogens with one attached hydrogen (secondary N) is 1. The third-order valence-corrected chi connectivity index (χ3v) is 11.2. The smallest absolute Gasteiger partial charge is 0.311 e. The number of alkyl halides is 6. The Morgan fingerprint density at radius 3 is 1.65 bits per heavy atom. The molecular formula is C51H44Cl6N6O5. The van der Waals surface area contributed by atoms with Crippen LogP contribution in [0.2, 0.25) is 0 Å². The second kappa shape index (κ2) is 24.0. The number of benzene rings is 4. The maximum Gasteiger partial charge on any atom is 0.311 e. The van der Waals surface area contributed by atoms with Gasteiger partial charge in [-0.15, -0.1) is 0 Å². The molecule has 0 atom stereocenters. The standard InChI is InChI=1S/C51H44Cl6N6O5/c1-62(41-25-15-34(16-26-41)8-5-12-36-10-3-4-11-37(45(36)66)13-6-9-35-17-27-42(28-18-35)63(2)32-33-64)31-7-14-44(65)68-43-29-21-39(22-30-43)47(67)58-40-23-19-38(20-24-40)46-59-48(50(52,53)54)61-49(60-46)51(55,56)57/h3-6,8-13,15-30,64H,7,14,31-33H2,1-2H3,(H,58,67). The zero-order chi connectivity index (χ0) is 48.8. The van der Waals surface area contributed by atoms with Crippen LogP contribution in [0.25, 0.3) is 35.7 Å². The summed E-state index contributed by atoms with van der Waals surface area (Å²) in [5.41, 5.74) is 5.16. The molecule has 1 aromatic heterocycles.